The standard InChI is InChI=1S/C15H23FN2/c1-17-15(12-6-3-4-7-12)11-18(2)14-9-5-8-13(16)10-14/h5,8-10,12,15,17H,3-4,6-7,11H2,1-2H3. The molecular formula is C15H23FN2. The van der Waals surface area contributed by atoms with Crippen LogP contribution in [-0.4, -0.2) is 26.7 Å². The molecule has 1 aromatic rings. The molecule has 1 N–H and O–H groups in total. The van der Waals surface area contributed by atoms with Crippen molar-refractivity contribution in [2.24, 2.45) is 5.92 Å². The van der Waals surface area contributed by atoms with Crippen molar-refractivity contribution >= 4 is 5.69 Å². The van der Waals surface area contributed by atoms with Crippen molar-refractivity contribution in [2.45, 2.75) is 31.7 Å². The van der Waals surface area contributed by atoms with Crippen molar-refractivity contribution in [1.82, 2.24) is 5.32 Å². The van der Waals surface area contributed by atoms with Crippen LogP contribution < -0.4 is 10.2 Å². The Morgan fingerprint density at radius 2 is 2.11 bits per heavy atom. The van der Waals surface area contributed by atoms with Gasteiger partial charge in [0.2, 0.25) is 0 Å². The fraction of sp³-hybridized carbons (Fsp3) is 0.600. The number of halogens is 1. The van der Waals surface area contributed by atoms with Crippen LogP contribution in [0, 0.1) is 11.7 Å². The number of hydrogen-bond acceptors (Lipinski definition) is 2. The summed E-state index contributed by atoms with van der Waals surface area (Å²) in [6, 6.07) is 7.32. The second-order valence-corrected chi connectivity index (χ2v) is 5.30. The summed E-state index contributed by atoms with van der Waals surface area (Å²) in [5, 5.41) is 3.42. The van der Waals surface area contributed by atoms with E-state index >= 15 is 0 Å². The minimum absolute atomic E-state index is 0.166. The molecule has 0 aliphatic heterocycles. The van der Waals surface area contributed by atoms with Crippen LogP contribution in [0.5, 0.6) is 0 Å². The number of anilines is 1. The maximum Gasteiger partial charge on any atom is 0.125 e. The first-order valence-electron chi connectivity index (χ1n) is 6.84. The molecule has 0 saturated heterocycles. The molecule has 0 spiro atoms. The van der Waals surface area contributed by atoms with Gasteiger partial charge in [0.15, 0.2) is 0 Å². The smallest absolute Gasteiger partial charge is 0.125 e. The minimum Gasteiger partial charge on any atom is -0.373 e. The Hall–Kier alpha value is -1.09. The molecule has 1 aliphatic rings. The zero-order valence-electron chi connectivity index (χ0n) is 11.3. The van der Waals surface area contributed by atoms with Crippen molar-refractivity contribution in [2.75, 3.05) is 25.5 Å². The first kappa shape index (κ1) is 13.3. The monoisotopic (exact) mass is 250 g/mol. The summed E-state index contributed by atoms with van der Waals surface area (Å²) >= 11 is 0. The molecular weight excluding hydrogens is 227 g/mol. The summed E-state index contributed by atoms with van der Waals surface area (Å²) in [7, 11) is 4.07. The number of nitrogens with one attached hydrogen (secondary N) is 1. The third-order valence-corrected chi connectivity index (χ3v) is 4.06. The molecule has 0 radical (unpaired) electrons. The van der Waals surface area contributed by atoms with Gasteiger partial charge in [0.1, 0.15) is 5.82 Å². The molecule has 2 rings (SSSR count). The van der Waals surface area contributed by atoms with Gasteiger partial charge in [0, 0.05) is 25.3 Å². The Morgan fingerprint density at radius 3 is 2.72 bits per heavy atom. The molecule has 0 heterocycles. The number of hydrogen-bond donors (Lipinski definition) is 1. The lowest BCUT2D eigenvalue weighted by atomic mass is 9.97. The second-order valence-electron chi connectivity index (χ2n) is 5.30. The Kier molecular flexibility index (Phi) is 4.59. The summed E-state index contributed by atoms with van der Waals surface area (Å²) in [5.41, 5.74) is 0.952. The molecule has 1 saturated carbocycles. The first-order chi connectivity index (χ1) is 8.70. The molecule has 100 valence electrons. The lowest BCUT2D eigenvalue weighted by Gasteiger charge is -2.29. The van der Waals surface area contributed by atoms with Crippen LogP contribution in [0.3, 0.4) is 0 Å². The molecule has 0 amide bonds. The normalized spacial score (nSPS) is 17.9. The van der Waals surface area contributed by atoms with E-state index in [1.807, 2.05) is 20.2 Å². The number of rotatable bonds is 5. The average Bonchev–Trinajstić information content (AvgIpc) is 2.89. The number of benzene rings is 1. The van der Waals surface area contributed by atoms with Crippen LogP contribution in [0.4, 0.5) is 10.1 Å². The van der Waals surface area contributed by atoms with Crippen molar-refractivity contribution in [3.63, 3.8) is 0 Å². The zero-order valence-corrected chi connectivity index (χ0v) is 11.3. The van der Waals surface area contributed by atoms with Gasteiger partial charge in [-0.3, -0.25) is 0 Å². The Balaban J connectivity index is 1.98. The van der Waals surface area contributed by atoms with Crippen LogP contribution >= 0.6 is 0 Å². The molecule has 0 bridgehead atoms. The summed E-state index contributed by atoms with van der Waals surface area (Å²) in [5.74, 6) is 0.604. The van der Waals surface area contributed by atoms with Gasteiger partial charge in [0.25, 0.3) is 0 Å². The number of likely N-dealkylation sites (N-methyl/N-ethyl adjacent to an activating group) is 2. The molecule has 1 fully saturated rings. The van der Waals surface area contributed by atoms with E-state index in [0.717, 1.165) is 18.2 Å². The Bertz CT molecular complexity index is 375. The summed E-state index contributed by atoms with van der Waals surface area (Å²) in [6.07, 6.45) is 5.35. The molecule has 1 atom stereocenters. The van der Waals surface area contributed by atoms with Gasteiger partial charge in [-0.1, -0.05) is 18.9 Å². The van der Waals surface area contributed by atoms with E-state index in [4.69, 9.17) is 0 Å². The number of nitrogens with zero attached hydrogens (tertiary/aromatic N) is 1. The van der Waals surface area contributed by atoms with Crippen LogP contribution in [0.2, 0.25) is 0 Å². The summed E-state index contributed by atoms with van der Waals surface area (Å²) in [6.45, 7) is 0.935. The molecule has 0 aromatic heterocycles. The van der Waals surface area contributed by atoms with Gasteiger partial charge in [-0.05, 0) is 44.0 Å². The van der Waals surface area contributed by atoms with Gasteiger partial charge >= 0.3 is 0 Å². The molecule has 1 aromatic carbocycles. The van der Waals surface area contributed by atoms with Gasteiger partial charge in [-0.15, -0.1) is 0 Å². The quantitative estimate of drug-likeness (QED) is 0.864. The van der Waals surface area contributed by atoms with Gasteiger partial charge in [0.05, 0.1) is 0 Å². The predicted octanol–water partition coefficient (Wildman–Crippen LogP) is 3.04. The molecule has 1 unspecified atom stereocenters. The van der Waals surface area contributed by atoms with Crippen molar-refractivity contribution in [3.8, 4) is 0 Å². The molecule has 3 heteroatoms. The van der Waals surface area contributed by atoms with E-state index in [1.165, 1.54) is 31.7 Å². The highest BCUT2D eigenvalue weighted by Crippen LogP contribution is 2.28. The zero-order chi connectivity index (χ0) is 13.0. The highest BCUT2D eigenvalue weighted by atomic mass is 19.1. The van der Waals surface area contributed by atoms with Gasteiger partial charge < -0.3 is 10.2 Å². The van der Waals surface area contributed by atoms with E-state index in [0.29, 0.717) is 6.04 Å². The maximum absolute atomic E-state index is 13.2. The molecule has 1 aliphatic carbocycles. The third-order valence-electron chi connectivity index (χ3n) is 4.06. The molecule has 2 nitrogen and oxygen atoms in total. The lowest BCUT2D eigenvalue weighted by molar-refractivity contribution is 0.382. The van der Waals surface area contributed by atoms with E-state index < -0.39 is 0 Å². The summed E-state index contributed by atoms with van der Waals surface area (Å²) in [4.78, 5) is 2.14. The van der Waals surface area contributed by atoms with Crippen LogP contribution in [0.25, 0.3) is 0 Å². The average molecular weight is 250 g/mol. The topological polar surface area (TPSA) is 15.3 Å². The third kappa shape index (κ3) is 3.22. The highest BCUT2D eigenvalue weighted by molar-refractivity contribution is 5.45. The lowest BCUT2D eigenvalue weighted by Crippen LogP contribution is -2.42. The predicted molar refractivity (Wildman–Crippen MR) is 74.5 cm³/mol. The fourth-order valence-electron chi connectivity index (χ4n) is 2.95. The first-order valence-corrected chi connectivity index (χ1v) is 6.84. The maximum atomic E-state index is 13.2. The van der Waals surface area contributed by atoms with Gasteiger partial charge in [-0.25, -0.2) is 4.39 Å². The van der Waals surface area contributed by atoms with E-state index in [1.54, 1.807) is 12.1 Å². The van der Waals surface area contributed by atoms with E-state index in [2.05, 4.69) is 10.2 Å². The Morgan fingerprint density at radius 1 is 1.39 bits per heavy atom. The summed E-state index contributed by atoms with van der Waals surface area (Å²) < 4.78 is 13.2. The van der Waals surface area contributed by atoms with Crippen molar-refractivity contribution in [1.29, 1.82) is 0 Å². The van der Waals surface area contributed by atoms with Crippen molar-refractivity contribution < 1.29 is 4.39 Å². The largest absolute Gasteiger partial charge is 0.373 e. The van der Waals surface area contributed by atoms with Crippen LogP contribution in [0.15, 0.2) is 24.3 Å². The van der Waals surface area contributed by atoms with Crippen LogP contribution in [0.1, 0.15) is 25.7 Å². The van der Waals surface area contributed by atoms with E-state index in [-0.39, 0.29) is 5.82 Å². The molecule has 18 heavy (non-hydrogen) atoms. The van der Waals surface area contributed by atoms with Crippen LogP contribution in [-0.2, 0) is 0 Å². The van der Waals surface area contributed by atoms with E-state index in [9.17, 15) is 4.39 Å². The SMILES string of the molecule is CNC(CN(C)c1cccc(F)c1)C1CCCC1. The fourth-order valence-corrected chi connectivity index (χ4v) is 2.95. The second kappa shape index (κ2) is 6.19. The van der Waals surface area contributed by atoms with Gasteiger partial charge in [-0.2, -0.15) is 0 Å². The van der Waals surface area contributed by atoms with Crippen molar-refractivity contribution in [3.05, 3.63) is 30.1 Å². The minimum atomic E-state index is -0.166. The highest BCUT2D eigenvalue weighted by Gasteiger charge is 2.24. The Labute approximate surface area is 109 Å².